The Labute approximate surface area is 175 Å². The lowest BCUT2D eigenvalue weighted by Gasteiger charge is -2.15. The number of carbonyl (C=O) groups is 1. The maximum Gasteiger partial charge on any atom is 0.259 e. The number of thiophene rings is 1. The van der Waals surface area contributed by atoms with E-state index in [1.165, 1.54) is 16.9 Å². The Hall–Kier alpha value is -2.86. The summed E-state index contributed by atoms with van der Waals surface area (Å²) in [5, 5.41) is 7.49. The third-order valence-corrected chi connectivity index (χ3v) is 6.26. The third-order valence-electron chi connectivity index (χ3n) is 5.01. The zero-order valence-electron chi connectivity index (χ0n) is 16.5. The Morgan fingerprint density at radius 1 is 1.17 bits per heavy atom. The predicted molar refractivity (Wildman–Crippen MR) is 118 cm³/mol. The molecule has 29 heavy (non-hydrogen) atoms. The van der Waals surface area contributed by atoms with Crippen molar-refractivity contribution in [2.75, 3.05) is 17.2 Å². The largest absolute Gasteiger partial charge is 0.492 e. The number of pyridine rings is 1. The van der Waals surface area contributed by atoms with Crippen LogP contribution in [0, 0.1) is 0 Å². The van der Waals surface area contributed by atoms with Crippen molar-refractivity contribution in [1.82, 2.24) is 4.98 Å². The summed E-state index contributed by atoms with van der Waals surface area (Å²) in [5.41, 5.74) is 3.77. The molecule has 2 N–H and O–H groups in total. The van der Waals surface area contributed by atoms with Gasteiger partial charge in [-0.2, -0.15) is 0 Å². The molecule has 0 atom stereocenters. The van der Waals surface area contributed by atoms with Gasteiger partial charge in [0.2, 0.25) is 0 Å². The summed E-state index contributed by atoms with van der Waals surface area (Å²) in [5.74, 6) is 0.613. The topological polar surface area (TPSA) is 63.2 Å². The highest BCUT2D eigenvalue weighted by atomic mass is 32.1. The van der Waals surface area contributed by atoms with Crippen LogP contribution in [0.3, 0.4) is 0 Å². The lowest BCUT2D eigenvalue weighted by atomic mass is 9.95. The Balaban J connectivity index is 1.61. The van der Waals surface area contributed by atoms with Gasteiger partial charge in [0.25, 0.3) is 5.91 Å². The minimum atomic E-state index is -0.0785. The maximum absolute atomic E-state index is 13.3. The number of carbonyl (C=O) groups excluding carboxylic acids is 1. The van der Waals surface area contributed by atoms with Crippen LogP contribution < -0.4 is 15.4 Å². The molecule has 1 aliphatic carbocycles. The van der Waals surface area contributed by atoms with E-state index >= 15 is 0 Å². The van der Waals surface area contributed by atoms with Crippen molar-refractivity contribution in [1.29, 1.82) is 0 Å². The fourth-order valence-corrected chi connectivity index (χ4v) is 4.93. The molecule has 1 aromatic carbocycles. The molecule has 0 fully saturated rings. The van der Waals surface area contributed by atoms with Crippen molar-refractivity contribution in [3.05, 3.63) is 70.4 Å². The molecule has 3 aromatic rings. The molecule has 1 aliphatic rings. The van der Waals surface area contributed by atoms with E-state index in [0.29, 0.717) is 24.6 Å². The Kier molecular flexibility index (Phi) is 6.10. The first-order valence-electron chi connectivity index (χ1n) is 10.1. The molecule has 0 spiro atoms. The van der Waals surface area contributed by atoms with Crippen LogP contribution in [0.1, 0.15) is 46.1 Å². The van der Waals surface area contributed by atoms with Gasteiger partial charge in [-0.25, -0.2) is 0 Å². The molecule has 0 bridgehead atoms. The van der Waals surface area contributed by atoms with E-state index in [0.717, 1.165) is 35.4 Å². The van der Waals surface area contributed by atoms with Gasteiger partial charge in [0.15, 0.2) is 0 Å². The number of benzene rings is 1. The van der Waals surface area contributed by atoms with Gasteiger partial charge in [-0.15, -0.1) is 11.3 Å². The molecule has 2 aromatic heterocycles. The standard InChI is InChI=1S/C23H25N3O2S/c1-2-28-19-11-5-4-10-18(19)26-22(27)21-17-9-3-6-12-20(17)29-23(21)25-15-16-8-7-13-24-14-16/h4-5,7-8,10-11,13-14,25H,2-3,6,9,12,15H2,1H3,(H,26,27). The SMILES string of the molecule is CCOc1ccccc1NC(=O)c1c(NCc2cccnc2)sc2c1CCCC2. The summed E-state index contributed by atoms with van der Waals surface area (Å²) < 4.78 is 5.67. The molecule has 0 saturated carbocycles. The number of rotatable bonds is 7. The Morgan fingerprint density at radius 2 is 2.03 bits per heavy atom. The Bertz CT molecular complexity index is 985. The number of nitrogens with zero attached hydrogens (tertiary/aromatic N) is 1. The Morgan fingerprint density at radius 3 is 2.86 bits per heavy atom. The molecule has 150 valence electrons. The van der Waals surface area contributed by atoms with Gasteiger partial charge in [-0.3, -0.25) is 9.78 Å². The number of hydrogen-bond acceptors (Lipinski definition) is 5. The second kappa shape index (κ2) is 9.09. The lowest BCUT2D eigenvalue weighted by Crippen LogP contribution is -2.17. The molecular formula is C23H25N3O2S. The molecule has 5 nitrogen and oxygen atoms in total. The summed E-state index contributed by atoms with van der Waals surface area (Å²) in [6.07, 6.45) is 7.92. The van der Waals surface area contributed by atoms with Gasteiger partial charge >= 0.3 is 0 Å². The maximum atomic E-state index is 13.3. The lowest BCUT2D eigenvalue weighted by molar-refractivity contribution is 0.102. The molecule has 1 amide bonds. The molecule has 0 radical (unpaired) electrons. The minimum Gasteiger partial charge on any atom is -0.492 e. The van der Waals surface area contributed by atoms with Crippen LogP contribution in [0.25, 0.3) is 0 Å². The number of nitrogens with one attached hydrogen (secondary N) is 2. The van der Waals surface area contributed by atoms with E-state index in [2.05, 4.69) is 15.6 Å². The number of amides is 1. The quantitative estimate of drug-likeness (QED) is 0.559. The van der Waals surface area contributed by atoms with Crippen LogP contribution in [-0.4, -0.2) is 17.5 Å². The fraction of sp³-hybridized carbons (Fsp3) is 0.304. The van der Waals surface area contributed by atoms with Gasteiger partial charge in [-0.05, 0) is 61.9 Å². The van der Waals surface area contributed by atoms with Gasteiger partial charge in [-0.1, -0.05) is 18.2 Å². The molecule has 6 heteroatoms. The first-order chi connectivity index (χ1) is 14.3. The van der Waals surface area contributed by atoms with E-state index in [9.17, 15) is 4.79 Å². The van der Waals surface area contributed by atoms with Crippen LogP contribution in [0.5, 0.6) is 5.75 Å². The number of aryl methyl sites for hydroxylation is 1. The first-order valence-corrected chi connectivity index (χ1v) is 10.9. The van der Waals surface area contributed by atoms with Gasteiger partial charge in [0.1, 0.15) is 10.8 Å². The molecule has 0 unspecified atom stereocenters. The van der Waals surface area contributed by atoms with E-state index in [4.69, 9.17) is 4.74 Å². The van der Waals surface area contributed by atoms with E-state index in [1.807, 2.05) is 49.5 Å². The van der Waals surface area contributed by atoms with E-state index in [1.54, 1.807) is 17.5 Å². The minimum absolute atomic E-state index is 0.0785. The zero-order valence-corrected chi connectivity index (χ0v) is 17.3. The molecule has 2 heterocycles. The fourth-order valence-electron chi connectivity index (χ4n) is 3.65. The smallest absolute Gasteiger partial charge is 0.259 e. The van der Waals surface area contributed by atoms with Crippen molar-refractivity contribution in [2.45, 2.75) is 39.2 Å². The number of para-hydroxylation sites is 2. The van der Waals surface area contributed by atoms with Crippen LogP contribution in [0.2, 0.25) is 0 Å². The second-order valence-corrected chi connectivity index (χ2v) is 8.12. The number of ether oxygens (including phenoxy) is 1. The van der Waals surface area contributed by atoms with Crippen molar-refractivity contribution in [3.63, 3.8) is 0 Å². The predicted octanol–water partition coefficient (Wildman–Crippen LogP) is 5.29. The van der Waals surface area contributed by atoms with E-state index in [-0.39, 0.29) is 5.91 Å². The van der Waals surface area contributed by atoms with Crippen molar-refractivity contribution in [2.24, 2.45) is 0 Å². The monoisotopic (exact) mass is 407 g/mol. The zero-order chi connectivity index (χ0) is 20.1. The van der Waals surface area contributed by atoms with Crippen LogP contribution in [-0.2, 0) is 19.4 Å². The first kappa shape index (κ1) is 19.5. The summed E-state index contributed by atoms with van der Waals surface area (Å²) in [4.78, 5) is 18.8. The molecular weight excluding hydrogens is 382 g/mol. The summed E-state index contributed by atoms with van der Waals surface area (Å²) in [6, 6.07) is 11.5. The normalized spacial score (nSPS) is 12.9. The molecule has 0 aliphatic heterocycles. The summed E-state index contributed by atoms with van der Waals surface area (Å²) in [7, 11) is 0. The van der Waals surface area contributed by atoms with Crippen molar-refractivity contribution in [3.8, 4) is 5.75 Å². The summed E-state index contributed by atoms with van der Waals surface area (Å²) >= 11 is 1.71. The highest BCUT2D eigenvalue weighted by Crippen LogP contribution is 2.39. The number of fused-ring (bicyclic) bond motifs is 1. The van der Waals surface area contributed by atoms with Crippen molar-refractivity contribution >= 4 is 27.9 Å². The van der Waals surface area contributed by atoms with E-state index < -0.39 is 0 Å². The van der Waals surface area contributed by atoms with Gasteiger partial charge in [0.05, 0.1) is 17.9 Å². The molecule has 4 rings (SSSR count). The highest BCUT2D eigenvalue weighted by molar-refractivity contribution is 7.16. The van der Waals surface area contributed by atoms with Crippen LogP contribution >= 0.6 is 11.3 Å². The third kappa shape index (κ3) is 4.43. The van der Waals surface area contributed by atoms with Crippen LogP contribution in [0.15, 0.2) is 48.8 Å². The number of aromatic nitrogens is 1. The number of hydrogen-bond donors (Lipinski definition) is 2. The van der Waals surface area contributed by atoms with Gasteiger partial charge < -0.3 is 15.4 Å². The summed E-state index contributed by atoms with van der Waals surface area (Å²) in [6.45, 7) is 3.13. The average Bonchev–Trinajstić information content (AvgIpc) is 3.13. The van der Waals surface area contributed by atoms with Crippen molar-refractivity contribution < 1.29 is 9.53 Å². The van der Waals surface area contributed by atoms with Crippen LogP contribution in [0.4, 0.5) is 10.7 Å². The highest BCUT2D eigenvalue weighted by Gasteiger charge is 2.26. The van der Waals surface area contributed by atoms with Gasteiger partial charge in [0, 0.05) is 23.8 Å². The number of anilines is 2. The second-order valence-electron chi connectivity index (χ2n) is 7.01. The average molecular weight is 408 g/mol. The molecule has 0 saturated heterocycles.